The Morgan fingerprint density at radius 3 is 0.857 bits per heavy atom. The molecule has 49 heavy (non-hydrogen) atoms. The van der Waals surface area contributed by atoms with Crippen molar-refractivity contribution in [2.45, 2.75) is 184 Å². The van der Waals surface area contributed by atoms with Crippen LogP contribution in [0.5, 0.6) is 0 Å². The molecule has 5 aliphatic rings. The van der Waals surface area contributed by atoms with Crippen molar-refractivity contribution < 1.29 is 19.4 Å². The third-order valence-corrected chi connectivity index (χ3v) is 9.29. The summed E-state index contributed by atoms with van der Waals surface area (Å²) >= 11 is 0. The molecule has 0 radical (unpaired) electrons. The molecule has 0 amide bonds. The van der Waals surface area contributed by atoms with Crippen LogP contribution in [0.3, 0.4) is 0 Å². The van der Waals surface area contributed by atoms with Gasteiger partial charge in [0.05, 0.1) is 22.8 Å². The highest BCUT2D eigenvalue weighted by atomic mass is 16.6. The number of hydrogen-bond donors (Lipinski definition) is 0. The van der Waals surface area contributed by atoms with Crippen LogP contribution in [0, 0.1) is 29.1 Å². The van der Waals surface area contributed by atoms with Gasteiger partial charge in [-0.15, -0.1) is 0 Å². The van der Waals surface area contributed by atoms with Crippen LogP contribution in [0.15, 0.2) is 20.6 Å². The summed E-state index contributed by atoms with van der Waals surface area (Å²) in [5, 5.41) is 16.6. The molecule has 1 spiro atoms. The predicted octanol–water partition coefficient (Wildman–Crippen LogP) is 11.9. The van der Waals surface area contributed by atoms with Gasteiger partial charge in [-0.05, 0) is 145 Å². The molecule has 5 fully saturated rings. The lowest BCUT2D eigenvalue weighted by Gasteiger charge is -2.21. The molecular formula is C41H76N4O4. The smallest absolute Gasteiger partial charge is 0.119 e. The molecule has 5 aliphatic carbocycles. The maximum Gasteiger partial charge on any atom is 0.119 e. The largest absolute Gasteiger partial charge is 0.396 e. The van der Waals surface area contributed by atoms with Crippen LogP contribution in [-0.4, -0.2) is 49.3 Å². The van der Waals surface area contributed by atoms with E-state index in [0.29, 0.717) is 23.7 Å². The van der Waals surface area contributed by atoms with Crippen LogP contribution >= 0.6 is 0 Å². The zero-order chi connectivity index (χ0) is 35.7. The van der Waals surface area contributed by atoms with Crippen molar-refractivity contribution in [3.63, 3.8) is 0 Å². The SMILES string of the molecule is CC(C)CON=C1CCC2(CC1)CC2.CC(C)CON=C1CCCC1.CC(C)CON=C1CCCCC1.CC(C)CON=C1CCCCC1. The normalized spacial score (nSPS) is 19.7. The first-order valence-electron chi connectivity index (χ1n) is 20.3. The van der Waals surface area contributed by atoms with Crippen LogP contribution in [0.1, 0.15) is 184 Å². The van der Waals surface area contributed by atoms with Crippen molar-refractivity contribution in [3.8, 4) is 0 Å². The van der Waals surface area contributed by atoms with Crippen LogP contribution in [-0.2, 0) is 19.4 Å². The van der Waals surface area contributed by atoms with Crippen molar-refractivity contribution in [2.75, 3.05) is 26.4 Å². The average Bonchev–Trinajstić information content (AvgIpc) is 3.62. The Labute approximate surface area is 301 Å². The van der Waals surface area contributed by atoms with Crippen LogP contribution in [0.2, 0.25) is 0 Å². The van der Waals surface area contributed by atoms with Crippen molar-refractivity contribution in [1.29, 1.82) is 0 Å². The van der Waals surface area contributed by atoms with E-state index in [9.17, 15) is 0 Å². The minimum Gasteiger partial charge on any atom is -0.396 e. The standard InChI is InChI=1S/C12H21NO.2C10H19NO.C9H17NO/c1-10(2)9-14-13-11-3-5-12(6-4-11)7-8-12;2*1-9(2)8-12-11-10-6-4-3-5-7-10;1-8(2)7-11-10-9-5-3-4-6-9/h10H,3-9H2,1-2H3;2*9H,3-8H2,1-2H3;8H,3-7H2,1-2H3. The van der Waals surface area contributed by atoms with Gasteiger partial charge in [-0.2, -0.15) is 0 Å². The highest BCUT2D eigenvalue weighted by Gasteiger charge is 2.44. The van der Waals surface area contributed by atoms with Gasteiger partial charge in [-0.3, -0.25) is 0 Å². The van der Waals surface area contributed by atoms with Gasteiger partial charge in [0.2, 0.25) is 0 Å². The molecule has 0 aliphatic heterocycles. The number of hydrogen-bond acceptors (Lipinski definition) is 8. The van der Waals surface area contributed by atoms with Gasteiger partial charge in [0, 0.05) is 0 Å². The Hall–Kier alpha value is -2.12. The van der Waals surface area contributed by atoms with Gasteiger partial charge < -0.3 is 19.4 Å². The fraction of sp³-hybridized carbons (Fsp3) is 0.902. The second-order valence-corrected chi connectivity index (χ2v) is 16.7. The molecule has 5 saturated carbocycles. The molecule has 5 rings (SSSR count). The van der Waals surface area contributed by atoms with E-state index >= 15 is 0 Å². The molecule has 0 atom stereocenters. The topological polar surface area (TPSA) is 86.4 Å². The maximum absolute atomic E-state index is 5.31. The van der Waals surface area contributed by atoms with Gasteiger partial charge in [0.1, 0.15) is 26.4 Å². The molecular weight excluding hydrogens is 612 g/mol. The van der Waals surface area contributed by atoms with E-state index in [2.05, 4.69) is 76.0 Å². The predicted molar refractivity (Wildman–Crippen MR) is 208 cm³/mol. The molecule has 0 aromatic rings. The van der Waals surface area contributed by atoms with Crippen LogP contribution < -0.4 is 0 Å². The molecule has 0 saturated heterocycles. The van der Waals surface area contributed by atoms with E-state index in [1.54, 1.807) is 0 Å². The van der Waals surface area contributed by atoms with Crippen molar-refractivity contribution in [2.24, 2.45) is 49.7 Å². The summed E-state index contributed by atoms with van der Waals surface area (Å²) in [4.78, 5) is 20.9. The summed E-state index contributed by atoms with van der Waals surface area (Å²) in [5.74, 6) is 2.33. The minimum atomic E-state index is 0.581. The van der Waals surface area contributed by atoms with E-state index in [4.69, 9.17) is 19.4 Å². The first-order chi connectivity index (χ1) is 23.6. The molecule has 0 aromatic heterocycles. The molecule has 0 aromatic carbocycles. The fourth-order valence-electron chi connectivity index (χ4n) is 5.92. The van der Waals surface area contributed by atoms with E-state index < -0.39 is 0 Å². The Kier molecular flexibility index (Phi) is 22.6. The summed E-state index contributed by atoms with van der Waals surface area (Å²) in [6.45, 7) is 20.2. The van der Waals surface area contributed by atoms with Gasteiger partial charge in [0.25, 0.3) is 0 Å². The molecule has 284 valence electrons. The van der Waals surface area contributed by atoms with Crippen LogP contribution in [0.4, 0.5) is 0 Å². The van der Waals surface area contributed by atoms with E-state index in [-0.39, 0.29) is 0 Å². The first-order valence-corrected chi connectivity index (χ1v) is 20.3. The van der Waals surface area contributed by atoms with Gasteiger partial charge in [-0.1, -0.05) is 88.9 Å². The molecule has 8 nitrogen and oxygen atoms in total. The lowest BCUT2D eigenvalue weighted by atomic mass is 9.85. The van der Waals surface area contributed by atoms with Crippen molar-refractivity contribution in [3.05, 3.63) is 0 Å². The zero-order valence-electron chi connectivity index (χ0n) is 33.2. The van der Waals surface area contributed by atoms with Crippen molar-refractivity contribution >= 4 is 22.8 Å². The number of nitrogens with zero attached hydrogens (tertiary/aromatic N) is 4. The highest BCUT2D eigenvalue weighted by Crippen LogP contribution is 2.55. The average molecular weight is 689 g/mol. The Morgan fingerprint density at radius 2 is 0.612 bits per heavy atom. The van der Waals surface area contributed by atoms with Gasteiger partial charge in [0.15, 0.2) is 0 Å². The number of oxime groups is 4. The lowest BCUT2D eigenvalue weighted by molar-refractivity contribution is 0.116. The third kappa shape index (κ3) is 23.1. The summed E-state index contributed by atoms with van der Waals surface area (Å²) in [7, 11) is 0. The lowest BCUT2D eigenvalue weighted by Crippen LogP contribution is -2.15. The summed E-state index contributed by atoms with van der Waals surface area (Å²) in [5.41, 5.74) is 5.84. The minimum absolute atomic E-state index is 0.581. The second kappa shape index (κ2) is 25.8. The first kappa shape index (κ1) is 43.0. The van der Waals surface area contributed by atoms with Crippen LogP contribution in [0.25, 0.3) is 0 Å². The Bertz CT molecular complexity index is 910. The van der Waals surface area contributed by atoms with Gasteiger partial charge in [-0.25, -0.2) is 0 Å². The molecule has 0 N–H and O–H groups in total. The monoisotopic (exact) mass is 689 g/mol. The molecule has 8 heteroatoms. The van der Waals surface area contributed by atoms with E-state index in [1.807, 2.05) is 0 Å². The van der Waals surface area contributed by atoms with Crippen molar-refractivity contribution in [1.82, 2.24) is 0 Å². The molecule has 0 heterocycles. The zero-order valence-corrected chi connectivity index (χ0v) is 33.2. The maximum atomic E-state index is 5.31. The van der Waals surface area contributed by atoms with Gasteiger partial charge >= 0.3 is 0 Å². The quantitative estimate of drug-likeness (QED) is 0.191. The Morgan fingerprint density at radius 1 is 0.367 bits per heavy atom. The molecule has 0 unspecified atom stereocenters. The fourth-order valence-corrected chi connectivity index (χ4v) is 5.92. The Balaban J connectivity index is 0.000000228. The molecule has 0 bridgehead atoms. The highest BCUT2D eigenvalue weighted by molar-refractivity contribution is 5.86. The van der Waals surface area contributed by atoms with E-state index in [1.165, 1.54) is 113 Å². The summed E-state index contributed by atoms with van der Waals surface area (Å²) < 4.78 is 0. The number of rotatable bonds is 12. The third-order valence-electron chi connectivity index (χ3n) is 9.29. The summed E-state index contributed by atoms with van der Waals surface area (Å²) in [6.07, 6.45) is 25.4. The second-order valence-electron chi connectivity index (χ2n) is 16.7. The van der Waals surface area contributed by atoms with E-state index in [0.717, 1.165) is 70.4 Å². The summed E-state index contributed by atoms with van der Waals surface area (Å²) in [6, 6.07) is 0.